The third-order valence-electron chi connectivity index (χ3n) is 1.57. The molecule has 4 nitrogen and oxygen atoms in total. The molecule has 0 atom stereocenters. The Hall–Kier alpha value is -0.910. The van der Waals surface area contributed by atoms with Crippen molar-refractivity contribution in [3.8, 4) is 0 Å². The van der Waals surface area contributed by atoms with Gasteiger partial charge in [-0.3, -0.25) is 10.1 Å². The number of halogens is 2. The molecule has 0 aliphatic carbocycles. The van der Waals surface area contributed by atoms with Crippen LogP contribution in [0.5, 0.6) is 0 Å². The van der Waals surface area contributed by atoms with Crippen molar-refractivity contribution in [1.82, 2.24) is 0 Å². The summed E-state index contributed by atoms with van der Waals surface area (Å²) in [7, 11) is 0. The Morgan fingerprint density at radius 2 is 2.00 bits per heavy atom. The van der Waals surface area contributed by atoms with E-state index in [1.165, 1.54) is 11.8 Å². The predicted octanol–water partition coefficient (Wildman–Crippen LogP) is 3.84. The molecule has 0 saturated heterocycles. The van der Waals surface area contributed by atoms with E-state index in [2.05, 4.69) is 5.32 Å². The Labute approximate surface area is 107 Å². The molecule has 0 amide bonds. The molecule has 1 aromatic rings. The van der Waals surface area contributed by atoms with Crippen LogP contribution < -0.4 is 5.32 Å². The second kappa shape index (κ2) is 5.98. The lowest BCUT2D eigenvalue weighted by Crippen LogP contribution is -1.99. The van der Waals surface area contributed by atoms with Crippen LogP contribution in [0.4, 0.5) is 5.69 Å². The van der Waals surface area contributed by atoms with Crippen molar-refractivity contribution < 1.29 is 4.92 Å². The van der Waals surface area contributed by atoms with Crippen LogP contribution in [-0.4, -0.2) is 11.2 Å². The van der Waals surface area contributed by atoms with Crippen LogP contribution in [0.2, 0.25) is 10.0 Å². The summed E-state index contributed by atoms with van der Waals surface area (Å²) in [5.74, 6) is 0. The van der Waals surface area contributed by atoms with Crippen molar-refractivity contribution >= 4 is 40.7 Å². The SMILES string of the molecule is CS/C(=C\[N+](=O)[O-])Nc1cc(Cl)cc(Cl)c1. The van der Waals surface area contributed by atoms with Gasteiger partial charge in [-0.15, -0.1) is 11.8 Å². The number of nitrogens with zero attached hydrogens (tertiary/aromatic N) is 1. The van der Waals surface area contributed by atoms with Gasteiger partial charge in [0.15, 0.2) is 0 Å². The average molecular weight is 279 g/mol. The van der Waals surface area contributed by atoms with Gasteiger partial charge in [-0.1, -0.05) is 23.2 Å². The van der Waals surface area contributed by atoms with Crippen molar-refractivity contribution in [2.75, 3.05) is 11.6 Å². The number of thioether (sulfide) groups is 1. The van der Waals surface area contributed by atoms with E-state index in [0.717, 1.165) is 6.20 Å². The fourth-order valence-corrected chi connectivity index (χ4v) is 1.94. The quantitative estimate of drug-likeness (QED) is 0.672. The van der Waals surface area contributed by atoms with Crippen LogP contribution in [0.25, 0.3) is 0 Å². The molecule has 1 N–H and O–H groups in total. The lowest BCUT2D eigenvalue weighted by atomic mass is 10.3. The van der Waals surface area contributed by atoms with Gasteiger partial charge in [0.05, 0.1) is 4.92 Å². The van der Waals surface area contributed by atoms with Gasteiger partial charge in [0.25, 0.3) is 6.20 Å². The van der Waals surface area contributed by atoms with Gasteiger partial charge in [-0.25, -0.2) is 0 Å². The van der Waals surface area contributed by atoms with Crippen LogP contribution in [0, 0.1) is 10.1 Å². The Morgan fingerprint density at radius 3 is 2.44 bits per heavy atom. The highest BCUT2D eigenvalue weighted by atomic mass is 35.5. The highest BCUT2D eigenvalue weighted by Crippen LogP contribution is 2.25. The number of nitrogens with one attached hydrogen (secondary N) is 1. The van der Waals surface area contributed by atoms with E-state index < -0.39 is 4.92 Å². The van der Waals surface area contributed by atoms with E-state index in [0.29, 0.717) is 20.8 Å². The maximum atomic E-state index is 10.3. The van der Waals surface area contributed by atoms with E-state index in [9.17, 15) is 10.1 Å². The molecule has 0 aliphatic rings. The molecule has 0 bridgehead atoms. The van der Waals surface area contributed by atoms with Crippen LogP contribution in [0.3, 0.4) is 0 Å². The van der Waals surface area contributed by atoms with Gasteiger partial charge < -0.3 is 5.32 Å². The Balaban J connectivity index is 2.90. The maximum absolute atomic E-state index is 10.3. The summed E-state index contributed by atoms with van der Waals surface area (Å²) < 4.78 is 0. The first kappa shape index (κ1) is 13.2. The van der Waals surface area contributed by atoms with Crippen molar-refractivity contribution in [1.29, 1.82) is 0 Å². The zero-order valence-electron chi connectivity index (χ0n) is 8.24. The van der Waals surface area contributed by atoms with E-state index in [1.54, 1.807) is 24.5 Å². The second-order valence-corrected chi connectivity index (χ2v) is 4.49. The van der Waals surface area contributed by atoms with Gasteiger partial charge >= 0.3 is 0 Å². The molecule has 0 spiro atoms. The lowest BCUT2D eigenvalue weighted by molar-refractivity contribution is -0.402. The molecule has 0 aromatic heterocycles. The molecule has 86 valence electrons. The third kappa shape index (κ3) is 4.30. The van der Waals surface area contributed by atoms with Gasteiger partial charge in [-0.05, 0) is 24.5 Å². The summed E-state index contributed by atoms with van der Waals surface area (Å²) >= 11 is 12.8. The molecule has 7 heteroatoms. The van der Waals surface area contributed by atoms with E-state index in [4.69, 9.17) is 23.2 Å². The topological polar surface area (TPSA) is 55.2 Å². The molecule has 0 saturated carbocycles. The number of hydrogen-bond donors (Lipinski definition) is 1. The minimum Gasteiger partial charge on any atom is -0.345 e. The summed E-state index contributed by atoms with van der Waals surface area (Å²) in [6.07, 6.45) is 2.62. The van der Waals surface area contributed by atoms with Gasteiger partial charge in [0.1, 0.15) is 5.03 Å². The number of hydrogen-bond acceptors (Lipinski definition) is 4. The zero-order valence-corrected chi connectivity index (χ0v) is 10.6. The minimum atomic E-state index is -0.523. The fourth-order valence-electron chi connectivity index (χ4n) is 1.00. The number of nitro groups is 1. The highest BCUT2D eigenvalue weighted by Gasteiger charge is 2.04. The van der Waals surface area contributed by atoms with Crippen LogP contribution in [0.15, 0.2) is 29.4 Å². The number of anilines is 1. The molecule has 0 unspecified atom stereocenters. The van der Waals surface area contributed by atoms with Gasteiger partial charge in [0, 0.05) is 15.7 Å². The van der Waals surface area contributed by atoms with Crippen LogP contribution in [0.1, 0.15) is 0 Å². The molecular formula is C9H8Cl2N2O2S. The van der Waals surface area contributed by atoms with Crippen molar-refractivity contribution in [3.05, 3.63) is 49.6 Å². The van der Waals surface area contributed by atoms with Gasteiger partial charge in [0.2, 0.25) is 0 Å². The molecule has 16 heavy (non-hydrogen) atoms. The molecule has 0 heterocycles. The summed E-state index contributed by atoms with van der Waals surface area (Å²) in [5, 5.41) is 14.5. The fraction of sp³-hybridized carbons (Fsp3) is 0.111. The molecule has 0 radical (unpaired) electrons. The highest BCUT2D eigenvalue weighted by molar-refractivity contribution is 8.02. The van der Waals surface area contributed by atoms with Gasteiger partial charge in [-0.2, -0.15) is 0 Å². The summed E-state index contributed by atoms with van der Waals surface area (Å²) in [4.78, 5) is 9.79. The zero-order chi connectivity index (χ0) is 12.1. The molecule has 0 aliphatic heterocycles. The van der Waals surface area contributed by atoms with Crippen LogP contribution >= 0.6 is 35.0 Å². The second-order valence-electron chi connectivity index (χ2n) is 2.77. The Morgan fingerprint density at radius 1 is 1.44 bits per heavy atom. The predicted molar refractivity (Wildman–Crippen MR) is 68.7 cm³/mol. The maximum Gasteiger partial charge on any atom is 0.264 e. The normalized spacial score (nSPS) is 11.3. The van der Waals surface area contributed by atoms with E-state index in [1.807, 2.05) is 0 Å². The average Bonchev–Trinajstić information content (AvgIpc) is 2.14. The Bertz CT molecular complexity index is 417. The van der Waals surface area contributed by atoms with E-state index in [-0.39, 0.29) is 0 Å². The molecule has 1 aromatic carbocycles. The standard InChI is InChI=1S/C9H8Cl2N2O2S/c1-16-9(5-13(14)15)12-8-3-6(10)2-7(11)4-8/h2-5,12H,1H3/b9-5-. The third-order valence-corrected chi connectivity index (χ3v) is 2.66. The first-order chi connectivity index (χ1) is 7.51. The van der Waals surface area contributed by atoms with Crippen molar-refractivity contribution in [3.63, 3.8) is 0 Å². The van der Waals surface area contributed by atoms with Crippen LogP contribution in [-0.2, 0) is 0 Å². The van der Waals surface area contributed by atoms with Crippen molar-refractivity contribution in [2.45, 2.75) is 0 Å². The van der Waals surface area contributed by atoms with E-state index >= 15 is 0 Å². The summed E-state index contributed by atoms with van der Waals surface area (Å²) in [6, 6.07) is 4.86. The monoisotopic (exact) mass is 278 g/mol. The number of benzene rings is 1. The first-order valence-electron chi connectivity index (χ1n) is 4.13. The first-order valence-corrected chi connectivity index (χ1v) is 6.12. The number of rotatable bonds is 4. The largest absolute Gasteiger partial charge is 0.345 e. The smallest absolute Gasteiger partial charge is 0.264 e. The Kier molecular flexibility index (Phi) is 4.92. The summed E-state index contributed by atoms with van der Waals surface area (Å²) in [5.41, 5.74) is 0.611. The summed E-state index contributed by atoms with van der Waals surface area (Å²) in [6.45, 7) is 0. The molecule has 0 fully saturated rings. The lowest BCUT2D eigenvalue weighted by Gasteiger charge is -2.06. The minimum absolute atomic E-state index is 0.406. The molecule has 1 rings (SSSR count). The molecular weight excluding hydrogens is 271 g/mol. The van der Waals surface area contributed by atoms with Crippen molar-refractivity contribution in [2.24, 2.45) is 0 Å².